The zero-order valence-electron chi connectivity index (χ0n) is 7.91. The SMILES string of the molecule is CNC(=S)N(C)c1ccc(F)c(O)c1. The summed E-state index contributed by atoms with van der Waals surface area (Å²) in [7, 11) is 3.42. The lowest BCUT2D eigenvalue weighted by Gasteiger charge is -2.19. The molecule has 76 valence electrons. The van der Waals surface area contributed by atoms with Gasteiger partial charge in [-0.05, 0) is 24.4 Å². The first-order valence-corrected chi connectivity index (χ1v) is 4.41. The molecule has 1 aromatic rings. The smallest absolute Gasteiger partial charge is 0.172 e. The third-order valence-corrected chi connectivity index (χ3v) is 2.31. The molecule has 0 aliphatic carbocycles. The first-order valence-electron chi connectivity index (χ1n) is 4.00. The second kappa shape index (κ2) is 4.23. The largest absolute Gasteiger partial charge is 0.505 e. The van der Waals surface area contributed by atoms with Gasteiger partial charge in [-0.25, -0.2) is 4.39 Å². The van der Waals surface area contributed by atoms with Crippen LogP contribution in [0.1, 0.15) is 0 Å². The molecule has 5 heteroatoms. The van der Waals surface area contributed by atoms with E-state index in [0.717, 1.165) is 0 Å². The van der Waals surface area contributed by atoms with Gasteiger partial charge in [0.2, 0.25) is 0 Å². The number of hydrogen-bond acceptors (Lipinski definition) is 2. The molecule has 0 fully saturated rings. The number of halogens is 1. The Bertz CT molecular complexity index is 357. The second-order valence-electron chi connectivity index (χ2n) is 2.75. The quantitative estimate of drug-likeness (QED) is 0.694. The van der Waals surface area contributed by atoms with Crippen molar-refractivity contribution in [3.05, 3.63) is 24.0 Å². The van der Waals surface area contributed by atoms with Crippen LogP contribution in [0.3, 0.4) is 0 Å². The number of hydrogen-bond donors (Lipinski definition) is 2. The monoisotopic (exact) mass is 214 g/mol. The second-order valence-corrected chi connectivity index (χ2v) is 3.14. The van der Waals surface area contributed by atoms with E-state index < -0.39 is 5.82 Å². The molecule has 0 aliphatic heterocycles. The average Bonchev–Trinajstić information content (AvgIpc) is 2.20. The molecule has 0 aliphatic rings. The molecule has 0 heterocycles. The minimum absolute atomic E-state index is 0.381. The Labute approximate surface area is 87.2 Å². The molecule has 3 nitrogen and oxygen atoms in total. The van der Waals surface area contributed by atoms with Crippen molar-refractivity contribution in [3.63, 3.8) is 0 Å². The summed E-state index contributed by atoms with van der Waals surface area (Å²) in [6, 6.07) is 4.05. The maximum absolute atomic E-state index is 12.7. The third-order valence-electron chi connectivity index (χ3n) is 1.84. The highest BCUT2D eigenvalue weighted by Crippen LogP contribution is 2.22. The van der Waals surface area contributed by atoms with Gasteiger partial charge in [-0.1, -0.05) is 0 Å². The van der Waals surface area contributed by atoms with Gasteiger partial charge in [-0.2, -0.15) is 0 Å². The summed E-state index contributed by atoms with van der Waals surface area (Å²) < 4.78 is 12.7. The number of rotatable bonds is 1. The molecule has 0 aromatic heterocycles. The molecule has 0 unspecified atom stereocenters. The molecular weight excluding hydrogens is 203 g/mol. The first kappa shape index (κ1) is 10.7. The minimum atomic E-state index is -0.641. The summed E-state index contributed by atoms with van der Waals surface area (Å²) in [6.07, 6.45) is 0. The summed E-state index contributed by atoms with van der Waals surface area (Å²) in [6.45, 7) is 0. The van der Waals surface area contributed by atoms with Gasteiger partial charge in [-0.3, -0.25) is 0 Å². The summed E-state index contributed by atoms with van der Waals surface area (Å²) in [5, 5.41) is 12.4. The van der Waals surface area contributed by atoms with Crippen LogP contribution >= 0.6 is 12.2 Å². The van der Waals surface area contributed by atoms with E-state index in [1.807, 2.05) is 0 Å². The average molecular weight is 214 g/mol. The molecule has 1 aromatic carbocycles. The van der Waals surface area contributed by atoms with Crippen LogP contribution in [0.2, 0.25) is 0 Å². The van der Waals surface area contributed by atoms with E-state index in [4.69, 9.17) is 17.3 Å². The Hall–Kier alpha value is -1.36. The van der Waals surface area contributed by atoms with Crippen molar-refractivity contribution in [3.8, 4) is 5.75 Å². The molecule has 0 spiro atoms. The van der Waals surface area contributed by atoms with Crippen LogP contribution in [-0.2, 0) is 0 Å². The van der Waals surface area contributed by atoms with Gasteiger partial charge in [0.1, 0.15) is 0 Å². The van der Waals surface area contributed by atoms with Crippen LogP contribution in [0, 0.1) is 5.82 Å². The number of thiocarbonyl (C=S) groups is 1. The van der Waals surface area contributed by atoms with Gasteiger partial charge >= 0.3 is 0 Å². The highest BCUT2D eigenvalue weighted by Gasteiger charge is 2.07. The van der Waals surface area contributed by atoms with E-state index in [1.165, 1.54) is 12.1 Å². The van der Waals surface area contributed by atoms with E-state index in [1.54, 1.807) is 25.1 Å². The van der Waals surface area contributed by atoms with Crippen molar-refractivity contribution in [2.24, 2.45) is 0 Å². The first-order chi connectivity index (χ1) is 6.56. The lowest BCUT2D eigenvalue weighted by molar-refractivity contribution is 0.432. The zero-order chi connectivity index (χ0) is 10.7. The van der Waals surface area contributed by atoms with Crippen molar-refractivity contribution >= 4 is 23.0 Å². The molecule has 0 saturated carbocycles. The Morgan fingerprint density at radius 2 is 2.21 bits per heavy atom. The molecule has 0 amide bonds. The number of phenolic OH excluding ortho intramolecular Hbond substituents is 1. The molecule has 0 saturated heterocycles. The van der Waals surface area contributed by atoms with Crippen LogP contribution in [0.4, 0.5) is 10.1 Å². The summed E-state index contributed by atoms with van der Waals surface area (Å²) in [5.74, 6) is -1.02. The minimum Gasteiger partial charge on any atom is -0.505 e. The number of nitrogens with one attached hydrogen (secondary N) is 1. The van der Waals surface area contributed by atoms with Crippen LogP contribution < -0.4 is 10.2 Å². The lowest BCUT2D eigenvalue weighted by atomic mass is 10.3. The Kier molecular flexibility index (Phi) is 3.24. The van der Waals surface area contributed by atoms with Crippen molar-refractivity contribution in [1.29, 1.82) is 0 Å². The fourth-order valence-corrected chi connectivity index (χ4v) is 1.10. The summed E-state index contributed by atoms with van der Waals surface area (Å²) in [5.41, 5.74) is 0.628. The van der Waals surface area contributed by atoms with Gasteiger partial charge in [-0.15, -0.1) is 0 Å². The molecule has 2 N–H and O–H groups in total. The van der Waals surface area contributed by atoms with Gasteiger partial charge < -0.3 is 15.3 Å². The fraction of sp³-hybridized carbons (Fsp3) is 0.222. The zero-order valence-corrected chi connectivity index (χ0v) is 8.73. The Balaban J connectivity index is 2.96. The maximum Gasteiger partial charge on any atom is 0.172 e. The number of nitrogens with zero attached hydrogens (tertiary/aromatic N) is 1. The van der Waals surface area contributed by atoms with E-state index in [2.05, 4.69) is 5.32 Å². The Morgan fingerprint density at radius 1 is 1.57 bits per heavy atom. The van der Waals surface area contributed by atoms with Crippen molar-refractivity contribution < 1.29 is 9.50 Å². The standard InChI is InChI=1S/C9H11FN2OS/c1-11-9(14)12(2)6-3-4-7(10)8(13)5-6/h3-5,13H,1-2H3,(H,11,14). The number of phenols is 1. The van der Waals surface area contributed by atoms with E-state index in [-0.39, 0.29) is 5.75 Å². The molecule has 0 bridgehead atoms. The van der Waals surface area contributed by atoms with Crippen LogP contribution in [-0.4, -0.2) is 24.3 Å². The van der Waals surface area contributed by atoms with Gasteiger partial charge in [0.05, 0.1) is 0 Å². The molecular formula is C9H11FN2OS. The number of anilines is 1. The van der Waals surface area contributed by atoms with Crippen molar-refractivity contribution in [2.45, 2.75) is 0 Å². The van der Waals surface area contributed by atoms with E-state index in [0.29, 0.717) is 10.8 Å². The number of aromatic hydroxyl groups is 1. The molecule has 0 radical (unpaired) electrons. The lowest BCUT2D eigenvalue weighted by Crippen LogP contribution is -2.34. The Morgan fingerprint density at radius 3 is 2.71 bits per heavy atom. The highest BCUT2D eigenvalue weighted by atomic mass is 32.1. The third kappa shape index (κ3) is 2.11. The topological polar surface area (TPSA) is 35.5 Å². The normalized spacial score (nSPS) is 9.64. The summed E-state index contributed by atoms with van der Waals surface area (Å²) >= 11 is 4.98. The van der Waals surface area contributed by atoms with Gasteiger partial charge in [0, 0.05) is 25.8 Å². The predicted molar refractivity (Wildman–Crippen MR) is 58.1 cm³/mol. The highest BCUT2D eigenvalue weighted by molar-refractivity contribution is 7.80. The van der Waals surface area contributed by atoms with Crippen LogP contribution in [0.5, 0.6) is 5.75 Å². The molecule has 14 heavy (non-hydrogen) atoms. The van der Waals surface area contributed by atoms with Gasteiger partial charge in [0.25, 0.3) is 0 Å². The molecule has 0 atom stereocenters. The fourth-order valence-electron chi connectivity index (χ4n) is 0.995. The number of benzene rings is 1. The van der Waals surface area contributed by atoms with Crippen molar-refractivity contribution in [2.75, 3.05) is 19.0 Å². The van der Waals surface area contributed by atoms with Crippen LogP contribution in [0.15, 0.2) is 18.2 Å². The van der Waals surface area contributed by atoms with E-state index >= 15 is 0 Å². The summed E-state index contributed by atoms with van der Waals surface area (Å²) in [4.78, 5) is 1.63. The van der Waals surface area contributed by atoms with Gasteiger partial charge in [0.15, 0.2) is 16.7 Å². The predicted octanol–water partition coefficient (Wildman–Crippen LogP) is 1.47. The molecule has 1 rings (SSSR count). The maximum atomic E-state index is 12.7. The van der Waals surface area contributed by atoms with E-state index in [9.17, 15) is 4.39 Å². The van der Waals surface area contributed by atoms with Crippen molar-refractivity contribution in [1.82, 2.24) is 5.32 Å². The van der Waals surface area contributed by atoms with Crippen LogP contribution in [0.25, 0.3) is 0 Å².